The highest BCUT2D eigenvalue weighted by Gasteiger charge is 2.47. The van der Waals surface area contributed by atoms with Crippen molar-refractivity contribution in [3.63, 3.8) is 0 Å². The van der Waals surface area contributed by atoms with Crippen LogP contribution in [-0.4, -0.2) is 122 Å². The van der Waals surface area contributed by atoms with E-state index in [0.29, 0.717) is 32.5 Å². The molecule has 3 atom stereocenters. The van der Waals surface area contributed by atoms with Crippen LogP contribution in [0.5, 0.6) is 5.75 Å². The zero-order valence-electron chi connectivity index (χ0n) is 26.4. The molecule has 9 heteroatoms. The summed E-state index contributed by atoms with van der Waals surface area (Å²) in [5.74, 6) is -0.440. The summed E-state index contributed by atoms with van der Waals surface area (Å²) in [6.45, 7) is 7.57. The van der Waals surface area contributed by atoms with Gasteiger partial charge < -0.3 is 24.1 Å². The lowest BCUT2D eigenvalue weighted by Gasteiger charge is -2.30. The monoisotopic (exact) mass is 585 g/mol. The molecule has 3 aliphatic rings. The van der Waals surface area contributed by atoms with Gasteiger partial charge in [-0.2, -0.15) is 0 Å². The predicted octanol–water partition coefficient (Wildman–Crippen LogP) is 3.61. The highest BCUT2D eigenvalue weighted by atomic mass is 16.5. The molecule has 42 heavy (non-hydrogen) atoms. The van der Waals surface area contributed by atoms with Gasteiger partial charge in [-0.15, -0.1) is 0 Å². The number of carbonyl (C=O) groups excluding carboxylic acids is 2. The topological polar surface area (TPSA) is 90.4 Å². The first kappa shape index (κ1) is 32.3. The maximum absolute atomic E-state index is 13.8. The minimum absolute atomic E-state index is 0.0977. The van der Waals surface area contributed by atoms with Crippen molar-refractivity contribution in [2.45, 2.75) is 76.7 Å². The highest BCUT2D eigenvalue weighted by Crippen LogP contribution is 2.41. The Labute approximate surface area is 252 Å². The number of amides is 2. The lowest BCUT2D eigenvalue weighted by molar-refractivity contribution is -0.870. The number of fused-ring (bicyclic) bond motifs is 1. The first-order chi connectivity index (χ1) is 20.1. The van der Waals surface area contributed by atoms with E-state index in [0.717, 1.165) is 92.5 Å². The van der Waals surface area contributed by atoms with Crippen molar-refractivity contribution >= 4 is 17.8 Å². The summed E-state index contributed by atoms with van der Waals surface area (Å²) in [5.41, 5.74) is 2.15. The van der Waals surface area contributed by atoms with Gasteiger partial charge in [-0.05, 0) is 55.7 Å². The Morgan fingerprint density at radius 1 is 1.10 bits per heavy atom. The quantitative estimate of drug-likeness (QED) is 0.236. The van der Waals surface area contributed by atoms with Crippen LogP contribution in [0, 0.1) is 5.92 Å². The Balaban J connectivity index is 1.50. The second kappa shape index (κ2) is 14.7. The number of quaternary nitrogens is 1. The molecule has 1 N–H and O–H groups in total. The minimum atomic E-state index is -0.808. The lowest BCUT2D eigenvalue weighted by Crippen LogP contribution is -2.45. The van der Waals surface area contributed by atoms with Crippen molar-refractivity contribution in [2.75, 3.05) is 73.6 Å². The standard InChI is InChI=1S/C33H52N4O5/c1-5-6-16-35(17-7-8-20-37(2,3)4)31(39)24-36-23-27(25-13-14-29-26(22-25)15-21-42-29)32(33(40)41)28(36)11-9-18-34-19-10-12-30(34)38/h13-14,22,27-28,32H,5-12,15-21,23-24H2,1-4H3/p+1/t27-,28+,32?/m1/s1. The molecule has 1 aromatic rings. The first-order valence-corrected chi connectivity index (χ1v) is 16.2. The van der Waals surface area contributed by atoms with Crippen LogP contribution in [-0.2, 0) is 20.8 Å². The molecule has 9 nitrogen and oxygen atoms in total. The zero-order chi connectivity index (χ0) is 30.3. The van der Waals surface area contributed by atoms with Crippen LogP contribution in [0.3, 0.4) is 0 Å². The van der Waals surface area contributed by atoms with Gasteiger partial charge in [0.05, 0.1) is 46.8 Å². The van der Waals surface area contributed by atoms with Crippen molar-refractivity contribution in [1.82, 2.24) is 14.7 Å². The summed E-state index contributed by atoms with van der Waals surface area (Å²) in [7, 11) is 6.57. The van der Waals surface area contributed by atoms with Gasteiger partial charge in [0.1, 0.15) is 5.75 Å². The fourth-order valence-corrected chi connectivity index (χ4v) is 6.93. The van der Waals surface area contributed by atoms with Crippen LogP contribution in [0.1, 0.15) is 75.3 Å². The number of carbonyl (C=O) groups is 3. The number of benzene rings is 1. The van der Waals surface area contributed by atoms with Crippen molar-refractivity contribution in [2.24, 2.45) is 5.92 Å². The predicted molar refractivity (Wildman–Crippen MR) is 164 cm³/mol. The summed E-state index contributed by atoms with van der Waals surface area (Å²) >= 11 is 0. The van der Waals surface area contributed by atoms with E-state index in [9.17, 15) is 19.5 Å². The average molecular weight is 586 g/mol. The molecule has 0 spiro atoms. The van der Waals surface area contributed by atoms with Crippen LogP contribution in [0.25, 0.3) is 0 Å². The lowest BCUT2D eigenvalue weighted by atomic mass is 9.83. The highest BCUT2D eigenvalue weighted by molar-refractivity contribution is 5.79. The van der Waals surface area contributed by atoms with Gasteiger partial charge in [0.2, 0.25) is 11.8 Å². The van der Waals surface area contributed by atoms with E-state index < -0.39 is 11.9 Å². The van der Waals surface area contributed by atoms with Crippen molar-refractivity contribution in [1.29, 1.82) is 0 Å². The Kier molecular flexibility index (Phi) is 11.3. The first-order valence-electron chi connectivity index (χ1n) is 16.2. The van der Waals surface area contributed by atoms with Crippen molar-refractivity contribution < 1.29 is 28.7 Å². The molecule has 2 amide bonds. The number of unbranched alkanes of at least 4 members (excludes halogenated alkanes) is 2. The van der Waals surface area contributed by atoms with Gasteiger partial charge in [-0.25, -0.2) is 0 Å². The number of aliphatic carboxylic acids is 1. The van der Waals surface area contributed by atoms with Crippen LogP contribution >= 0.6 is 0 Å². The van der Waals surface area contributed by atoms with E-state index in [4.69, 9.17) is 4.74 Å². The Hall–Kier alpha value is -2.65. The molecule has 0 bridgehead atoms. The van der Waals surface area contributed by atoms with Crippen LogP contribution in [0.15, 0.2) is 18.2 Å². The number of rotatable bonds is 16. The summed E-state index contributed by atoms with van der Waals surface area (Å²) in [6.07, 6.45) is 7.74. The third-order valence-electron chi connectivity index (χ3n) is 9.25. The van der Waals surface area contributed by atoms with Crippen molar-refractivity contribution in [3.05, 3.63) is 29.3 Å². The molecule has 0 saturated carbocycles. The number of carboxylic acid groups (broad SMARTS) is 1. The molecule has 0 radical (unpaired) electrons. The second-order valence-electron chi connectivity index (χ2n) is 13.5. The molecule has 3 heterocycles. The number of nitrogens with zero attached hydrogens (tertiary/aromatic N) is 4. The Bertz CT molecular complexity index is 1090. The fourth-order valence-electron chi connectivity index (χ4n) is 6.93. The van der Waals surface area contributed by atoms with Gasteiger partial charge in [0, 0.05) is 57.5 Å². The normalized spacial score (nSPS) is 22.4. The third-order valence-corrected chi connectivity index (χ3v) is 9.25. The molecule has 0 aromatic heterocycles. The second-order valence-corrected chi connectivity index (χ2v) is 13.5. The van der Waals surface area contributed by atoms with E-state index in [1.54, 1.807) is 0 Å². The number of ether oxygens (including phenoxy) is 1. The molecule has 3 aliphatic heterocycles. The van der Waals surface area contributed by atoms with E-state index in [1.807, 2.05) is 21.9 Å². The molecule has 4 rings (SSSR count). The Morgan fingerprint density at radius 2 is 1.88 bits per heavy atom. The van der Waals surface area contributed by atoms with E-state index in [1.165, 1.54) is 0 Å². The largest absolute Gasteiger partial charge is 0.493 e. The van der Waals surface area contributed by atoms with Gasteiger partial charge in [0.25, 0.3) is 0 Å². The molecular weight excluding hydrogens is 532 g/mol. The molecule has 2 saturated heterocycles. The average Bonchev–Trinajstić information content (AvgIpc) is 3.66. The maximum atomic E-state index is 13.8. The van der Waals surface area contributed by atoms with E-state index >= 15 is 0 Å². The number of hydrogen-bond donors (Lipinski definition) is 1. The van der Waals surface area contributed by atoms with Gasteiger partial charge >= 0.3 is 5.97 Å². The van der Waals surface area contributed by atoms with Crippen LogP contribution in [0.2, 0.25) is 0 Å². The van der Waals surface area contributed by atoms with E-state index in [-0.39, 0.29) is 30.3 Å². The summed E-state index contributed by atoms with van der Waals surface area (Å²) in [5, 5.41) is 10.5. The summed E-state index contributed by atoms with van der Waals surface area (Å²) < 4.78 is 6.61. The number of likely N-dealkylation sites (tertiary alicyclic amines) is 2. The summed E-state index contributed by atoms with van der Waals surface area (Å²) in [6, 6.07) is 5.85. The SMILES string of the molecule is CCCCN(CCCC[N+](C)(C)C)C(=O)CN1C[C@H](c2ccc3c(c2)CCO3)C(C(=O)O)[C@@H]1CCCN1CCCC1=O. The van der Waals surface area contributed by atoms with Crippen LogP contribution < -0.4 is 4.74 Å². The minimum Gasteiger partial charge on any atom is -0.493 e. The smallest absolute Gasteiger partial charge is 0.308 e. The Morgan fingerprint density at radius 3 is 2.57 bits per heavy atom. The zero-order valence-corrected chi connectivity index (χ0v) is 26.4. The van der Waals surface area contributed by atoms with Gasteiger partial charge in [-0.3, -0.25) is 19.3 Å². The molecule has 0 aliphatic carbocycles. The van der Waals surface area contributed by atoms with Gasteiger partial charge in [0.15, 0.2) is 0 Å². The van der Waals surface area contributed by atoms with E-state index in [2.05, 4.69) is 39.0 Å². The van der Waals surface area contributed by atoms with Crippen LogP contribution in [0.4, 0.5) is 0 Å². The number of carboxylic acids is 1. The molecule has 1 aromatic carbocycles. The summed E-state index contributed by atoms with van der Waals surface area (Å²) in [4.78, 5) is 44.9. The fraction of sp³-hybridized carbons (Fsp3) is 0.727. The molecule has 234 valence electrons. The number of hydrogen-bond acceptors (Lipinski definition) is 5. The third kappa shape index (κ3) is 8.47. The van der Waals surface area contributed by atoms with Gasteiger partial charge in [-0.1, -0.05) is 25.5 Å². The van der Waals surface area contributed by atoms with Crippen molar-refractivity contribution in [3.8, 4) is 5.75 Å². The maximum Gasteiger partial charge on any atom is 0.308 e. The molecular formula is C33H53N4O5+. The molecule has 1 unspecified atom stereocenters. The molecule has 2 fully saturated rings.